The van der Waals surface area contributed by atoms with E-state index in [0.717, 1.165) is 11.1 Å². The van der Waals surface area contributed by atoms with Gasteiger partial charge in [0.05, 0.1) is 0 Å². The molecule has 2 amide bonds. The van der Waals surface area contributed by atoms with Crippen LogP contribution < -0.4 is 5.32 Å². The van der Waals surface area contributed by atoms with Gasteiger partial charge < -0.3 is 10.2 Å². The van der Waals surface area contributed by atoms with Crippen LogP contribution >= 0.6 is 0 Å². The number of hydrogen-bond acceptors (Lipinski definition) is 2. The molecule has 0 bridgehead atoms. The highest BCUT2D eigenvalue weighted by Gasteiger charge is 2.24. The zero-order chi connectivity index (χ0) is 17.4. The molecule has 2 aromatic carbocycles. The Bertz CT molecular complexity index is 656. The highest BCUT2D eigenvalue weighted by Crippen LogP contribution is 2.11. The van der Waals surface area contributed by atoms with E-state index in [4.69, 9.17) is 0 Å². The van der Waals surface area contributed by atoms with Crippen LogP contribution in [0.1, 0.15) is 31.4 Å². The molecule has 4 nitrogen and oxygen atoms in total. The summed E-state index contributed by atoms with van der Waals surface area (Å²) in [5, 5.41) is 2.91. The van der Waals surface area contributed by atoms with E-state index in [2.05, 4.69) is 5.32 Å². The minimum atomic E-state index is -0.513. The number of carbonyl (C=O) groups is 2. The molecule has 0 aromatic heterocycles. The predicted molar refractivity (Wildman–Crippen MR) is 95.0 cm³/mol. The summed E-state index contributed by atoms with van der Waals surface area (Å²) >= 11 is 0. The minimum Gasteiger partial charge on any atom is -0.350 e. The fourth-order valence-corrected chi connectivity index (χ4v) is 2.50. The number of carbonyl (C=O) groups excluding carboxylic acids is 2. The lowest BCUT2D eigenvalue weighted by molar-refractivity contribution is -0.140. The smallest absolute Gasteiger partial charge is 0.242 e. The van der Waals surface area contributed by atoms with Gasteiger partial charge in [0.15, 0.2) is 0 Å². The van der Waals surface area contributed by atoms with Crippen molar-refractivity contribution in [2.75, 3.05) is 0 Å². The van der Waals surface area contributed by atoms with Crippen molar-refractivity contribution in [3.05, 3.63) is 71.8 Å². The molecular formula is C20H24N2O2. The molecule has 126 valence electrons. The quantitative estimate of drug-likeness (QED) is 0.850. The van der Waals surface area contributed by atoms with Crippen molar-refractivity contribution in [3.8, 4) is 0 Å². The van der Waals surface area contributed by atoms with Gasteiger partial charge in [-0.1, -0.05) is 67.6 Å². The number of nitrogens with zero attached hydrogens (tertiary/aromatic N) is 1. The molecule has 0 radical (unpaired) electrons. The second-order valence-electron chi connectivity index (χ2n) is 5.74. The fraction of sp³-hybridized carbons (Fsp3) is 0.300. The van der Waals surface area contributed by atoms with Crippen LogP contribution in [0.4, 0.5) is 0 Å². The number of rotatable bonds is 7. The third-order valence-electron chi connectivity index (χ3n) is 3.98. The van der Waals surface area contributed by atoms with Gasteiger partial charge in [0.1, 0.15) is 6.04 Å². The Morgan fingerprint density at radius 2 is 1.50 bits per heavy atom. The average Bonchev–Trinajstić information content (AvgIpc) is 2.64. The molecule has 0 aliphatic carbocycles. The fourth-order valence-electron chi connectivity index (χ4n) is 2.50. The van der Waals surface area contributed by atoms with Crippen LogP contribution in [0, 0.1) is 0 Å². The summed E-state index contributed by atoms with van der Waals surface area (Å²) < 4.78 is 0. The summed E-state index contributed by atoms with van der Waals surface area (Å²) in [6, 6.07) is 19.0. The Morgan fingerprint density at radius 1 is 0.958 bits per heavy atom. The van der Waals surface area contributed by atoms with E-state index in [1.165, 1.54) is 0 Å². The van der Waals surface area contributed by atoms with E-state index in [1.54, 1.807) is 11.8 Å². The molecule has 0 fully saturated rings. The highest BCUT2D eigenvalue weighted by atomic mass is 16.2. The van der Waals surface area contributed by atoms with E-state index in [1.807, 2.05) is 67.6 Å². The summed E-state index contributed by atoms with van der Waals surface area (Å²) in [7, 11) is 0. The van der Waals surface area contributed by atoms with Crippen LogP contribution in [-0.2, 0) is 22.7 Å². The summed E-state index contributed by atoms with van der Waals surface area (Å²) in [6.45, 7) is 4.49. The van der Waals surface area contributed by atoms with Gasteiger partial charge in [-0.15, -0.1) is 0 Å². The molecule has 1 atom stereocenters. The van der Waals surface area contributed by atoms with Crippen LogP contribution in [0.25, 0.3) is 0 Å². The van der Waals surface area contributed by atoms with Crippen LogP contribution in [0.5, 0.6) is 0 Å². The van der Waals surface area contributed by atoms with Crippen LogP contribution in [0.2, 0.25) is 0 Å². The molecule has 0 saturated heterocycles. The second-order valence-corrected chi connectivity index (χ2v) is 5.74. The molecule has 0 aliphatic heterocycles. The first-order valence-electron chi connectivity index (χ1n) is 8.26. The Labute approximate surface area is 143 Å². The molecule has 24 heavy (non-hydrogen) atoms. The lowest BCUT2D eigenvalue weighted by Crippen LogP contribution is -2.47. The zero-order valence-corrected chi connectivity index (χ0v) is 14.2. The van der Waals surface area contributed by atoms with Gasteiger partial charge in [-0.2, -0.15) is 0 Å². The van der Waals surface area contributed by atoms with Gasteiger partial charge in [0.25, 0.3) is 0 Å². The standard InChI is InChI=1S/C20H24N2O2/c1-3-19(23)22(15-18-12-8-5-9-13-18)16(2)20(24)21-14-17-10-6-4-7-11-17/h4-13,16H,3,14-15H2,1-2H3,(H,21,24). The third kappa shape index (κ3) is 4.95. The van der Waals surface area contributed by atoms with E-state index >= 15 is 0 Å². The zero-order valence-electron chi connectivity index (χ0n) is 14.2. The summed E-state index contributed by atoms with van der Waals surface area (Å²) in [5.74, 6) is -0.169. The van der Waals surface area contributed by atoms with Gasteiger partial charge in [-0.25, -0.2) is 0 Å². The number of nitrogens with one attached hydrogen (secondary N) is 1. The maximum atomic E-state index is 12.5. The van der Waals surface area contributed by atoms with Gasteiger partial charge in [-0.05, 0) is 18.1 Å². The van der Waals surface area contributed by atoms with Gasteiger partial charge in [0.2, 0.25) is 11.8 Å². The molecule has 0 spiro atoms. The molecule has 2 rings (SSSR count). The highest BCUT2D eigenvalue weighted by molar-refractivity contribution is 5.87. The van der Waals surface area contributed by atoms with E-state index in [9.17, 15) is 9.59 Å². The van der Waals surface area contributed by atoms with E-state index in [-0.39, 0.29) is 11.8 Å². The second kappa shape index (κ2) is 8.87. The molecule has 1 N–H and O–H groups in total. The van der Waals surface area contributed by atoms with Crippen molar-refractivity contribution in [2.24, 2.45) is 0 Å². The topological polar surface area (TPSA) is 49.4 Å². The molecule has 4 heteroatoms. The lowest BCUT2D eigenvalue weighted by Gasteiger charge is -2.28. The van der Waals surface area contributed by atoms with Gasteiger partial charge in [0, 0.05) is 19.5 Å². The first-order valence-corrected chi connectivity index (χ1v) is 8.26. The monoisotopic (exact) mass is 324 g/mol. The summed E-state index contributed by atoms with van der Waals surface area (Å²) in [4.78, 5) is 26.4. The van der Waals surface area contributed by atoms with Crippen molar-refractivity contribution >= 4 is 11.8 Å². The Morgan fingerprint density at radius 3 is 2.04 bits per heavy atom. The molecule has 0 saturated carbocycles. The Kier molecular flexibility index (Phi) is 6.55. The van der Waals surface area contributed by atoms with Crippen LogP contribution in [-0.4, -0.2) is 22.8 Å². The molecule has 0 aliphatic rings. The van der Waals surface area contributed by atoms with Gasteiger partial charge in [-0.3, -0.25) is 9.59 Å². The Hall–Kier alpha value is -2.62. The molecule has 2 aromatic rings. The summed E-state index contributed by atoms with van der Waals surface area (Å²) in [6.07, 6.45) is 0.378. The van der Waals surface area contributed by atoms with Crippen molar-refractivity contribution in [3.63, 3.8) is 0 Å². The Balaban J connectivity index is 2.02. The molecule has 1 unspecified atom stereocenters. The van der Waals surface area contributed by atoms with Gasteiger partial charge >= 0.3 is 0 Å². The van der Waals surface area contributed by atoms with Crippen molar-refractivity contribution in [2.45, 2.75) is 39.4 Å². The first-order chi connectivity index (χ1) is 11.6. The normalized spacial score (nSPS) is 11.6. The van der Waals surface area contributed by atoms with E-state index in [0.29, 0.717) is 19.5 Å². The van der Waals surface area contributed by atoms with Crippen LogP contribution in [0.3, 0.4) is 0 Å². The SMILES string of the molecule is CCC(=O)N(Cc1ccccc1)C(C)C(=O)NCc1ccccc1. The molecule has 0 heterocycles. The number of amides is 2. The number of benzene rings is 2. The largest absolute Gasteiger partial charge is 0.350 e. The van der Waals surface area contributed by atoms with Crippen LogP contribution in [0.15, 0.2) is 60.7 Å². The van der Waals surface area contributed by atoms with Crippen molar-refractivity contribution in [1.29, 1.82) is 0 Å². The average molecular weight is 324 g/mol. The lowest BCUT2D eigenvalue weighted by atomic mass is 10.1. The van der Waals surface area contributed by atoms with E-state index < -0.39 is 6.04 Å². The van der Waals surface area contributed by atoms with Crippen molar-refractivity contribution < 1.29 is 9.59 Å². The first kappa shape index (κ1) is 17.7. The molecular weight excluding hydrogens is 300 g/mol. The van der Waals surface area contributed by atoms with Crippen molar-refractivity contribution in [1.82, 2.24) is 10.2 Å². The maximum Gasteiger partial charge on any atom is 0.242 e. The maximum absolute atomic E-state index is 12.5. The predicted octanol–water partition coefficient (Wildman–Crippen LogP) is 3.13. The third-order valence-corrected chi connectivity index (χ3v) is 3.98. The minimum absolute atomic E-state index is 0.0267. The number of hydrogen-bond donors (Lipinski definition) is 1. The summed E-state index contributed by atoms with van der Waals surface area (Å²) in [5.41, 5.74) is 2.05.